The van der Waals surface area contributed by atoms with Gasteiger partial charge < -0.3 is 10.1 Å². The number of ether oxygens (including phenoxy) is 1. The number of anilines is 1. The second-order valence-corrected chi connectivity index (χ2v) is 6.28. The molecule has 4 rings (SSSR count). The van der Waals surface area contributed by atoms with E-state index in [0.29, 0.717) is 5.69 Å². The molecular formula is C18H20N4O. The average Bonchev–Trinajstić information content (AvgIpc) is 3.45. The van der Waals surface area contributed by atoms with Gasteiger partial charge in [-0.15, -0.1) is 0 Å². The van der Waals surface area contributed by atoms with Crippen molar-refractivity contribution in [1.29, 1.82) is 5.26 Å². The number of aromatic nitrogens is 1. The predicted octanol–water partition coefficient (Wildman–Crippen LogP) is 2.38. The minimum absolute atomic E-state index is 0.196. The second kappa shape index (κ2) is 6.15. The van der Waals surface area contributed by atoms with Crippen LogP contribution in [0.3, 0.4) is 0 Å². The van der Waals surface area contributed by atoms with Crippen LogP contribution in [0.1, 0.15) is 18.5 Å². The molecule has 1 aliphatic carbocycles. The van der Waals surface area contributed by atoms with Crippen LogP contribution >= 0.6 is 0 Å². The van der Waals surface area contributed by atoms with Crippen molar-refractivity contribution >= 4 is 16.6 Å². The monoisotopic (exact) mass is 308 g/mol. The number of para-hydroxylation sites is 1. The molecule has 1 saturated heterocycles. The van der Waals surface area contributed by atoms with Crippen molar-refractivity contribution in [3.8, 4) is 6.07 Å². The lowest BCUT2D eigenvalue weighted by molar-refractivity contribution is -0.0241. The fraction of sp³-hybridized carbons (Fsp3) is 0.444. The Kier molecular flexibility index (Phi) is 3.86. The van der Waals surface area contributed by atoms with Crippen molar-refractivity contribution in [3.63, 3.8) is 0 Å². The number of benzene rings is 1. The number of hydrogen-bond donors (Lipinski definition) is 1. The Balaban J connectivity index is 1.50. The molecule has 1 unspecified atom stereocenters. The molecule has 2 fully saturated rings. The molecule has 5 heteroatoms. The number of nitrogens with one attached hydrogen (secondary N) is 1. The lowest BCUT2D eigenvalue weighted by atomic mass is 10.1. The van der Waals surface area contributed by atoms with E-state index in [9.17, 15) is 0 Å². The summed E-state index contributed by atoms with van der Waals surface area (Å²) in [6.45, 7) is 3.61. The van der Waals surface area contributed by atoms with Crippen molar-refractivity contribution in [2.75, 3.05) is 31.6 Å². The van der Waals surface area contributed by atoms with E-state index >= 15 is 0 Å². The number of hydrogen-bond acceptors (Lipinski definition) is 5. The van der Waals surface area contributed by atoms with Crippen LogP contribution in [0.5, 0.6) is 0 Å². The Labute approximate surface area is 135 Å². The fourth-order valence-electron chi connectivity index (χ4n) is 3.24. The van der Waals surface area contributed by atoms with E-state index in [1.165, 1.54) is 12.8 Å². The molecule has 0 radical (unpaired) electrons. The van der Waals surface area contributed by atoms with E-state index in [1.807, 2.05) is 30.3 Å². The van der Waals surface area contributed by atoms with Gasteiger partial charge in [0.15, 0.2) is 0 Å². The van der Waals surface area contributed by atoms with E-state index in [2.05, 4.69) is 21.3 Å². The largest absolute Gasteiger partial charge is 0.382 e. The van der Waals surface area contributed by atoms with Crippen LogP contribution in [-0.2, 0) is 4.74 Å². The topological polar surface area (TPSA) is 61.2 Å². The van der Waals surface area contributed by atoms with Gasteiger partial charge in [0.25, 0.3) is 0 Å². The molecule has 2 heterocycles. The zero-order chi connectivity index (χ0) is 15.6. The molecule has 1 saturated carbocycles. The molecule has 23 heavy (non-hydrogen) atoms. The van der Waals surface area contributed by atoms with Gasteiger partial charge in [0, 0.05) is 36.7 Å². The third-order valence-electron chi connectivity index (χ3n) is 4.58. The van der Waals surface area contributed by atoms with E-state index in [4.69, 9.17) is 10.00 Å². The highest BCUT2D eigenvalue weighted by Gasteiger charge is 2.32. The van der Waals surface area contributed by atoms with Crippen LogP contribution in [0.25, 0.3) is 10.9 Å². The maximum Gasteiger partial charge on any atom is 0.143 e. The number of pyridine rings is 1. The van der Waals surface area contributed by atoms with Gasteiger partial charge in [-0.25, -0.2) is 4.98 Å². The third-order valence-corrected chi connectivity index (χ3v) is 4.58. The van der Waals surface area contributed by atoms with Crippen molar-refractivity contribution in [2.24, 2.45) is 0 Å². The molecule has 5 nitrogen and oxygen atoms in total. The summed E-state index contributed by atoms with van der Waals surface area (Å²) < 4.78 is 5.89. The summed E-state index contributed by atoms with van der Waals surface area (Å²) in [7, 11) is 0. The standard InChI is InChI=1S/C18H20N4O/c19-10-13-9-18(16-3-1-2-4-17(16)21-13)20-11-15-12-22(7-8-23-15)14-5-6-14/h1-4,9,14-15H,5-8,11-12H2,(H,20,21). The van der Waals surface area contributed by atoms with Crippen LogP contribution < -0.4 is 5.32 Å². The smallest absolute Gasteiger partial charge is 0.143 e. The molecule has 2 aliphatic rings. The Morgan fingerprint density at radius 1 is 1.35 bits per heavy atom. The number of fused-ring (bicyclic) bond motifs is 1. The zero-order valence-electron chi connectivity index (χ0n) is 13.0. The second-order valence-electron chi connectivity index (χ2n) is 6.28. The first-order chi connectivity index (χ1) is 11.3. The molecule has 0 amide bonds. The first-order valence-corrected chi connectivity index (χ1v) is 8.23. The van der Waals surface area contributed by atoms with Gasteiger partial charge in [-0.2, -0.15) is 5.26 Å². The minimum Gasteiger partial charge on any atom is -0.382 e. The summed E-state index contributed by atoms with van der Waals surface area (Å²) in [5.74, 6) is 0. The molecule has 1 aromatic carbocycles. The van der Waals surface area contributed by atoms with Crippen LogP contribution in [0.4, 0.5) is 5.69 Å². The third kappa shape index (κ3) is 3.14. The lowest BCUT2D eigenvalue weighted by Crippen LogP contribution is -2.46. The fourth-order valence-corrected chi connectivity index (χ4v) is 3.24. The highest BCUT2D eigenvalue weighted by molar-refractivity contribution is 5.91. The van der Waals surface area contributed by atoms with Gasteiger partial charge in [0.1, 0.15) is 11.8 Å². The van der Waals surface area contributed by atoms with Gasteiger partial charge in [-0.1, -0.05) is 18.2 Å². The molecule has 2 aromatic rings. The minimum atomic E-state index is 0.196. The Bertz CT molecular complexity index is 750. The molecule has 0 bridgehead atoms. The van der Waals surface area contributed by atoms with Gasteiger partial charge in [0.2, 0.25) is 0 Å². The first-order valence-electron chi connectivity index (χ1n) is 8.23. The maximum absolute atomic E-state index is 9.17. The quantitative estimate of drug-likeness (QED) is 0.939. The summed E-state index contributed by atoms with van der Waals surface area (Å²) in [4.78, 5) is 6.89. The average molecular weight is 308 g/mol. The van der Waals surface area contributed by atoms with Crippen LogP contribution in [0.2, 0.25) is 0 Å². The van der Waals surface area contributed by atoms with Gasteiger partial charge in [-0.05, 0) is 25.0 Å². The normalized spacial score (nSPS) is 22.0. The van der Waals surface area contributed by atoms with Crippen LogP contribution in [0, 0.1) is 11.3 Å². The Morgan fingerprint density at radius 3 is 3.04 bits per heavy atom. The summed E-state index contributed by atoms with van der Waals surface area (Å²) in [5, 5.41) is 13.7. The van der Waals surface area contributed by atoms with E-state index in [1.54, 1.807) is 0 Å². The SMILES string of the molecule is N#Cc1cc(NCC2CN(C3CC3)CCO2)c2ccccc2n1. The first kappa shape index (κ1) is 14.4. The van der Waals surface area contributed by atoms with Crippen LogP contribution in [-0.4, -0.2) is 48.3 Å². The highest BCUT2D eigenvalue weighted by atomic mass is 16.5. The van der Waals surface area contributed by atoms with Crippen molar-refractivity contribution in [1.82, 2.24) is 9.88 Å². The molecule has 1 aliphatic heterocycles. The van der Waals surface area contributed by atoms with E-state index in [-0.39, 0.29) is 6.10 Å². The Morgan fingerprint density at radius 2 is 2.22 bits per heavy atom. The molecule has 1 aromatic heterocycles. The zero-order valence-corrected chi connectivity index (χ0v) is 13.0. The molecule has 1 N–H and O–H groups in total. The highest BCUT2D eigenvalue weighted by Crippen LogP contribution is 2.28. The number of rotatable bonds is 4. The molecular weight excluding hydrogens is 288 g/mol. The number of morpholine rings is 1. The summed E-state index contributed by atoms with van der Waals surface area (Å²) in [6.07, 6.45) is 2.86. The summed E-state index contributed by atoms with van der Waals surface area (Å²) >= 11 is 0. The Hall–Kier alpha value is -2.16. The van der Waals surface area contributed by atoms with Gasteiger partial charge >= 0.3 is 0 Å². The number of nitrogens with zero attached hydrogens (tertiary/aromatic N) is 3. The van der Waals surface area contributed by atoms with Gasteiger partial charge in [0.05, 0.1) is 18.2 Å². The van der Waals surface area contributed by atoms with Crippen molar-refractivity contribution in [2.45, 2.75) is 25.0 Å². The molecule has 0 spiro atoms. The lowest BCUT2D eigenvalue weighted by Gasteiger charge is -2.33. The predicted molar refractivity (Wildman–Crippen MR) is 89.3 cm³/mol. The van der Waals surface area contributed by atoms with Crippen molar-refractivity contribution in [3.05, 3.63) is 36.0 Å². The summed E-state index contributed by atoms with van der Waals surface area (Å²) in [6, 6.07) is 12.7. The van der Waals surface area contributed by atoms with E-state index < -0.39 is 0 Å². The molecule has 118 valence electrons. The maximum atomic E-state index is 9.17. The van der Waals surface area contributed by atoms with Gasteiger partial charge in [-0.3, -0.25) is 4.90 Å². The number of nitriles is 1. The van der Waals surface area contributed by atoms with Crippen molar-refractivity contribution < 1.29 is 4.74 Å². The summed E-state index contributed by atoms with van der Waals surface area (Å²) in [5.41, 5.74) is 2.24. The van der Waals surface area contributed by atoms with Crippen LogP contribution in [0.15, 0.2) is 30.3 Å². The molecule has 1 atom stereocenters. The van der Waals surface area contributed by atoms with E-state index in [0.717, 1.165) is 48.9 Å².